The number of allylic oxidation sites excluding steroid dienone is 4. The molecule has 0 aliphatic heterocycles. The monoisotopic (exact) mass is 271 g/mol. The zero-order chi connectivity index (χ0) is 14.2. The maximum Gasteiger partial charge on any atom is 0.123 e. The lowest BCUT2D eigenvalue weighted by Crippen LogP contribution is -2.30. The predicted molar refractivity (Wildman–Crippen MR) is 81.0 cm³/mol. The Bertz CT molecular complexity index is 561. The van der Waals surface area contributed by atoms with Crippen molar-refractivity contribution >= 4 is 0 Å². The molecule has 1 aromatic carbocycles. The van der Waals surface area contributed by atoms with Gasteiger partial charge in [-0.3, -0.25) is 0 Å². The molecule has 0 aromatic heterocycles. The van der Waals surface area contributed by atoms with Crippen molar-refractivity contribution in [1.29, 1.82) is 0 Å². The van der Waals surface area contributed by atoms with Crippen LogP contribution in [0.2, 0.25) is 0 Å². The topological polar surface area (TPSA) is 26.0 Å². The van der Waals surface area contributed by atoms with Crippen LogP contribution in [0.25, 0.3) is 0 Å². The molecule has 2 aliphatic carbocycles. The molecule has 3 rings (SSSR count). The number of fused-ring (bicyclic) bond motifs is 2. The van der Waals surface area contributed by atoms with Gasteiger partial charge in [0.15, 0.2) is 0 Å². The second-order valence-corrected chi connectivity index (χ2v) is 6.30. The molecule has 0 amide bonds. The molecule has 2 heteroatoms. The Labute approximate surface area is 120 Å². The maximum atomic E-state index is 13.7. The number of halogens is 1. The Morgan fingerprint density at radius 3 is 3.00 bits per heavy atom. The molecule has 0 fully saturated rings. The van der Waals surface area contributed by atoms with Crippen molar-refractivity contribution in [3.05, 3.63) is 59.4 Å². The maximum absolute atomic E-state index is 13.7. The second kappa shape index (κ2) is 5.17. The third-order valence-corrected chi connectivity index (χ3v) is 5.02. The molecule has 1 aromatic rings. The summed E-state index contributed by atoms with van der Waals surface area (Å²) in [7, 11) is 0. The first-order valence-electron chi connectivity index (χ1n) is 7.48. The summed E-state index contributed by atoms with van der Waals surface area (Å²) in [5.41, 5.74) is 8.46. The fraction of sp³-hybridized carbons (Fsp3) is 0.444. The van der Waals surface area contributed by atoms with E-state index >= 15 is 0 Å². The molecule has 2 aliphatic rings. The van der Waals surface area contributed by atoms with Crippen LogP contribution in [0.5, 0.6) is 0 Å². The van der Waals surface area contributed by atoms with Crippen LogP contribution in [-0.2, 0) is 6.42 Å². The number of benzene rings is 1. The number of hydrogen-bond acceptors (Lipinski definition) is 1. The van der Waals surface area contributed by atoms with Gasteiger partial charge >= 0.3 is 0 Å². The molecule has 0 heterocycles. The van der Waals surface area contributed by atoms with E-state index in [0.29, 0.717) is 18.4 Å². The van der Waals surface area contributed by atoms with Crippen molar-refractivity contribution in [2.75, 3.05) is 6.54 Å². The molecule has 106 valence electrons. The van der Waals surface area contributed by atoms with Gasteiger partial charge in [-0.1, -0.05) is 37.3 Å². The summed E-state index contributed by atoms with van der Waals surface area (Å²) in [5, 5.41) is 0. The van der Waals surface area contributed by atoms with E-state index in [0.717, 1.165) is 19.3 Å². The Hall–Kier alpha value is -1.41. The highest BCUT2D eigenvalue weighted by atomic mass is 19.1. The Morgan fingerprint density at radius 1 is 1.35 bits per heavy atom. The SMILES string of the molecule is CC12C=CC=CC1C(CCN)c1cc(F)ccc1CC2. The third kappa shape index (κ3) is 2.22. The van der Waals surface area contributed by atoms with Crippen LogP contribution < -0.4 is 5.73 Å². The Morgan fingerprint density at radius 2 is 2.20 bits per heavy atom. The minimum absolute atomic E-state index is 0.135. The molecule has 0 radical (unpaired) electrons. The number of nitrogens with two attached hydrogens (primary N) is 1. The molecule has 20 heavy (non-hydrogen) atoms. The summed E-state index contributed by atoms with van der Waals surface area (Å²) in [6.07, 6.45) is 11.9. The van der Waals surface area contributed by atoms with Gasteiger partial charge in [-0.25, -0.2) is 4.39 Å². The number of aryl methyl sites for hydroxylation is 1. The molecule has 2 N–H and O–H groups in total. The lowest BCUT2D eigenvalue weighted by molar-refractivity contribution is 0.247. The third-order valence-electron chi connectivity index (χ3n) is 5.02. The fourth-order valence-corrected chi connectivity index (χ4v) is 3.88. The van der Waals surface area contributed by atoms with Gasteiger partial charge in [-0.05, 0) is 66.3 Å². The van der Waals surface area contributed by atoms with E-state index in [1.165, 1.54) is 11.1 Å². The highest BCUT2D eigenvalue weighted by molar-refractivity contribution is 5.37. The molecule has 0 saturated carbocycles. The van der Waals surface area contributed by atoms with E-state index in [2.05, 4.69) is 31.2 Å². The predicted octanol–water partition coefficient (Wildman–Crippen LogP) is 3.95. The van der Waals surface area contributed by atoms with Gasteiger partial charge in [0.2, 0.25) is 0 Å². The lowest BCUT2D eigenvalue weighted by Gasteiger charge is -2.38. The zero-order valence-corrected chi connectivity index (χ0v) is 12.0. The van der Waals surface area contributed by atoms with Gasteiger partial charge < -0.3 is 5.73 Å². The summed E-state index contributed by atoms with van der Waals surface area (Å²) in [5.74, 6) is 0.600. The zero-order valence-electron chi connectivity index (χ0n) is 12.0. The minimum atomic E-state index is -0.135. The van der Waals surface area contributed by atoms with Gasteiger partial charge in [0.1, 0.15) is 5.82 Å². The van der Waals surface area contributed by atoms with Crippen molar-refractivity contribution in [2.45, 2.75) is 32.1 Å². The Balaban J connectivity index is 2.10. The van der Waals surface area contributed by atoms with Gasteiger partial charge in [0.25, 0.3) is 0 Å². The Kier molecular flexibility index (Phi) is 3.51. The van der Waals surface area contributed by atoms with E-state index in [4.69, 9.17) is 5.73 Å². The number of hydrogen-bond donors (Lipinski definition) is 1. The molecule has 0 spiro atoms. The summed E-state index contributed by atoms with van der Waals surface area (Å²) >= 11 is 0. The van der Waals surface area contributed by atoms with Gasteiger partial charge in [-0.2, -0.15) is 0 Å². The summed E-state index contributed by atoms with van der Waals surface area (Å²) in [6.45, 7) is 2.97. The highest BCUT2D eigenvalue weighted by Gasteiger charge is 2.40. The van der Waals surface area contributed by atoms with Crippen LogP contribution in [0.4, 0.5) is 4.39 Å². The van der Waals surface area contributed by atoms with Crippen LogP contribution in [0, 0.1) is 17.2 Å². The van der Waals surface area contributed by atoms with Gasteiger partial charge in [0.05, 0.1) is 0 Å². The van der Waals surface area contributed by atoms with E-state index in [1.54, 1.807) is 12.1 Å². The highest BCUT2D eigenvalue weighted by Crippen LogP contribution is 2.49. The van der Waals surface area contributed by atoms with Crippen LogP contribution in [-0.4, -0.2) is 6.54 Å². The molecule has 1 nitrogen and oxygen atoms in total. The van der Waals surface area contributed by atoms with Gasteiger partial charge in [0, 0.05) is 0 Å². The fourth-order valence-electron chi connectivity index (χ4n) is 3.88. The van der Waals surface area contributed by atoms with Crippen molar-refractivity contribution in [2.24, 2.45) is 17.1 Å². The van der Waals surface area contributed by atoms with Crippen molar-refractivity contribution in [1.82, 2.24) is 0 Å². The molecular formula is C18H22FN. The van der Waals surface area contributed by atoms with Crippen molar-refractivity contribution in [3.8, 4) is 0 Å². The molecule has 3 unspecified atom stereocenters. The summed E-state index contributed by atoms with van der Waals surface area (Å²) in [6, 6.07) is 5.27. The summed E-state index contributed by atoms with van der Waals surface area (Å²) in [4.78, 5) is 0. The van der Waals surface area contributed by atoms with E-state index < -0.39 is 0 Å². The molecule has 0 saturated heterocycles. The smallest absolute Gasteiger partial charge is 0.123 e. The average molecular weight is 271 g/mol. The molecule has 0 bridgehead atoms. The standard InChI is InChI=1S/C18H22FN/c1-18-9-3-2-4-17(18)15(8-11-20)16-12-14(19)6-5-13(16)7-10-18/h2-6,9,12,15,17H,7-8,10-11,20H2,1H3. The second-order valence-electron chi connectivity index (χ2n) is 6.30. The van der Waals surface area contributed by atoms with Gasteiger partial charge in [-0.15, -0.1) is 0 Å². The van der Waals surface area contributed by atoms with Crippen LogP contribution in [0.3, 0.4) is 0 Å². The van der Waals surface area contributed by atoms with E-state index in [-0.39, 0.29) is 11.2 Å². The van der Waals surface area contributed by atoms with E-state index in [9.17, 15) is 4.39 Å². The first-order chi connectivity index (χ1) is 9.64. The minimum Gasteiger partial charge on any atom is -0.330 e. The molecule has 3 atom stereocenters. The first-order valence-corrected chi connectivity index (χ1v) is 7.48. The van der Waals surface area contributed by atoms with E-state index in [1.807, 2.05) is 6.07 Å². The first kappa shape index (κ1) is 13.6. The molecular weight excluding hydrogens is 249 g/mol. The quantitative estimate of drug-likeness (QED) is 0.866. The van der Waals surface area contributed by atoms with Crippen LogP contribution >= 0.6 is 0 Å². The average Bonchev–Trinajstić information content (AvgIpc) is 2.55. The van der Waals surface area contributed by atoms with Crippen LogP contribution in [0.1, 0.15) is 36.8 Å². The van der Waals surface area contributed by atoms with Crippen molar-refractivity contribution < 1.29 is 4.39 Å². The van der Waals surface area contributed by atoms with Crippen LogP contribution in [0.15, 0.2) is 42.5 Å². The number of rotatable bonds is 2. The lowest BCUT2D eigenvalue weighted by atomic mass is 9.66. The summed E-state index contributed by atoms with van der Waals surface area (Å²) < 4.78 is 13.7. The normalized spacial score (nSPS) is 31.6. The van der Waals surface area contributed by atoms with Crippen molar-refractivity contribution in [3.63, 3.8) is 0 Å². The largest absolute Gasteiger partial charge is 0.330 e.